The molecule has 1 aromatic heterocycles. The number of amides is 1. The highest BCUT2D eigenvalue weighted by atomic mass is 79.9. The van der Waals surface area contributed by atoms with E-state index in [0.717, 1.165) is 18.7 Å². The molecule has 0 aliphatic rings. The maximum Gasteiger partial charge on any atom is 0.267 e. The number of nitrogens with zero attached hydrogens (tertiary/aromatic N) is 3. The van der Waals surface area contributed by atoms with Gasteiger partial charge in [0.1, 0.15) is 4.88 Å². The molecular weight excluding hydrogens is 302 g/mol. The molecule has 0 aliphatic carbocycles. The summed E-state index contributed by atoms with van der Waals surface area (Å²) in [7, 11) is 1.82. The Morgan fingerprint density at radius 1 is 1.47 bits per heavy atom. The number of halogens is 1. The van der Waals surface area contributed by atoms with E-state index in [4.69, 9.17) is 0 Å². The van der Waals surface area contributed by atoms with Crippen molar-refractivity contribution in [3.63, 3.8) is 0 Å². The van der Waals surface area contributed by atoms with Gasteiger partial charge in [-0.3, -0.25) is 4.79 Å². The summed E-state index contributed by atoms with van der Waals surface area (Å²) in [6.07, 6.45) is 0.936. The molecule has 0 radical (unpaired) electrons. The highest BCUT2D eigenvalue weighted by Gasteiger charge is 2.21. The second kappa shape index (κ2) is 6.44. The van der Waals surface area contributed by atoms with Crippen LogP contribution in [0.5, 0.6) is 0 Å². The molecule has 0 fully saturated rings. The molecule has 0 aromatic carbocycles. The van der Waals surface area contributed by atoms with Gasteiger partial charge in [0.05, 0.1) is 5.69 Å². The Balaban J connectivity index is 2.71. The Kier molecular flexibility index (Phi) is 5.52. The molecule has 0 N–H and O–H groups in total. The number of hydrogen-bond acceptors (Lipinski definition) is 4. The van der Waals surface area contributed by atoms with Gasteiger partial charge in [-0.05, 0) is 23.9 Å². The zero-order valence-corrected chi connectivity index (χ0v) is 13.0. The molecule has 6 heteroatoms. The van der Waals surface area contributed by atoms with E-state index in [9.17, 15) is 4.79 Å². The van der Waals surface area contributed by atoms with Gasteiger partial charge in [-0.25, -0.2) is 0 Å². The minimum absolute atomic E-state index is 0.0249. The maximum absolute atomic E-state index is 12.2. The van der Waals surface area contributed by atoms with E-state index in [0.29, 0.717) is 9.70 Å². The van der Waals surface area contributed by atoms with E-state index < -0.39 is 0 Å². The lowest BCUT2D eigenvalue weighted by Gasteiger charge is -2.17. The summed E-state index contributed by atoms with van der Waals surface area (Å²) in [4.78, 5) is 15.0. The predicted molar refractivity (Wildman–Crippen MR) is 74.0 cm³/mol. The van der Waals surface area contributed by atoms with Crippen LogP contribution in [-0.4, -0.2) is 38.8 Å². The maximum atomic E-state index is 12.2. The van der Waals surface area contributed by atoms with Gasteiger partial charge in [-0.15, -0.1) is 5.10 Å². The first-order chi connectivity index (χ1) is 7.93. The van der Waals surface area contributed by atoms with Crippen LogP contribution < -0.4 is 0 Å². The topological polar surface area (TPSA) is 46.1 Å². The SMILES string of the molecule is CC(Br)CCN(C)C(=O)c1snnc1C(C)C. The average Bonchev–Trinajstić information content (AvgIpc) is 2.73. The summed E-state index contributed by atoms with van der Waals surface area (Å²) >= 11 is 4.66. The standard InChI is InChI=1S/C11H18BrN3OS/c1-7(2)9-10(17-14-13-9)11(16)15(4)6-5-8(3)12/h7-8H,5-6H2,1-4H3. The minimum atomic E-state index is 0.0249. The first-order valence-corrected chi connectivity index (χ1v) is 7.34. The van der Waals surface area contributed by atoms with Crippen LogP contribution in [0.15, 0.2) is 0 Å². The van der Waals surface area contributed by atoms with Gasteiger partial charge in [0.2, 0.25) is 0 Å². The molecule has 0 aliphatic heterocycles. The highest BCUT2D eigenvalue weighted by Crippen LogP contribution is 2.21. The Hall–Kier alpha value is -0.490. The van der Waals surface area contributed by atoms with E-state index in [2.05, 4.69) is 32.4 Å². The first kappa shape index (κ1) is 14.6. The number of alkyl halides is 1. The molecule has 17 heavy (non-hydrogen) atoms. The fourth-order valence-corrected chi connectivity index (χ4v) is 2.39. The monoisotopic (exact) mass is 319 g/mol. The molecule has 0 bridgehead atoms. The first-order valence-electron chi connectivity index (χ1n) is 5.65. The van der Waals surface area contributed by atoms with E-state index >= 15 is 0 Å². The Labute approximate surface area is 115 Å². The van der Waals surface area contributed by atoms with Gasteiger partial charge in [0, 0.05) is 18.4 Å². The van der Waals surface area contributed by atoms with E-state index in [1.54, 1.807) is 4.90 Å². The fourth-order valence-electron chi connectivity index (χ4n) is 1.37. The van der Waals surface area contributed by atoms with Crippen molar-refractivity contribution in [2.24, 2.45) is 0 Å². The van der Waals surface area contributed by atoms with Crippen LogP contribution >= 0.6 is 27.5 Å². The fraction of sp³-hybridized carbons (Fsp3) is 0.727. The normalized spacial score (nSPS) is 12.8. The Morgan fingerprint density at radius 3 is 2.65 bits per heavy atom. The number of carbonyl (C=O) groups is 1. The summed E-state index contributed by atoms with van der Waals surface area (Å²) in [5.41, 5.74) is 0.804. The molecule has 1 unspecified atom stereocenters. The largest absolute Gasteiger partial charge is 0.341 e. The number of aromatic nitrogens is 2. The number of carbonyl (C=O) groups excluding carboxylic acids is 1. The molecule has 0 saturated carbocycles. The molecule has 4 nitrogen and oxygen atoms in total. The van der Waals surface area contributed by atoms with Crippen molar-refractivity contribution in [1.29, 1.82) is 0 Å². The second-order valence-electron chi connectivity index (χ2n) is 4.44. The molecular formula is C11H18BrN3OS. The van der Waals surface area contributed by atoms with E-state index in [-0.39, 0.29) is 11.8 Å². The molecule has 1 atom stereocenters. The van der Waals surface area contributed by atoms with Crippen molar-refractivity contribution in [3.05, 3.63) is 10.6 Å². The molecule has 0 spiro atoms. The van der Waals surface area contributed by atoms with E-state index in [1.165, 1.54) is 11.5 Å². The minimum Gasteiger partial charge on any atom is -0.341 e. The van der Waals surface area contributed by atoms with Gasteiger partial charge in [-0.2, -0.15) is 0 Å². The van der Waals surface area contributed by atoms with Gasteiger partial charge >= 0.3 is 0 Å². The van der Waals surface area contributed by atoms with Gasteiger partial charge in [-0.1, -0.05) is 41.2 Å². The van der Waals surface area contributed by atoms with Crippen LogP contribution in [0.2, 0.25) is 0 Å². The van der Waals surface area contributed by atoms with Crippen LogP contribution in [-0.2, 0) is 0 Å². The quantitative estimate of drug-likeness (QED) is 0.784. The zero-order valence-electron chi connectivity index (χ0n) is 10.6. The van der Waals surface area contributed by atoms with Crippen LogP contribution in [0.4, 0.5) is 0 Å². The van der Waals surface area contributed by atoms with Crippen molar-refractivity contribution in [1.82, 2.24) is 14.5 Å². The van der Waals surface area contributed by atoms with Crippen LogP contribution in [0.1, 0.15) is 48.5 Å². The Morgan fingerprint density at radius 2 is 2.12 bits per heavy atom. The number of rotatable bonds is 5. The Bertz CT molecular complexity index is 379. The second-order valence-corrected chi connectivity index (χ2v) is 6.76. The van der Waals surface area contributed by atoms with Crippen molar-refractivity contribution >= 4 is 33.4 Å². The smallest absolute Gasteiger partial charge is 0.267 e. The molecule has 1 amide bonds. The average molecular weight is 320 g/mol. The van der Waals surface area contributed by atoms with Gasteiger partial charge in [0.15, 0.2) is 0 Å². The summed E-state index contributed by atoms with van der Waals surface area (Å²) in [6, 6.07) is 0. The third-order valence-corrected chi connectivity index (χ3v) is 3.65. The zero-order chi connectivity index (χ0) is 13.0. The highest BCUT2D eigenvalue weighted by molar-refractivity contribution is 9.09. The van der Waals surface area contributed by atoms with Crippen LogP contribution in [0.3, 0.4) is 0 Å². The summed E-state index contributed by atoms with van der Waals surface area (Å²) in [5, 5.41) is 4.03. The molecule has 0 saturated heterocycles. The lowest BCUT2D eigenvalue weighted by Crippen LogP contribution is -2.29. The lowest BCUT2D eigenvalue weighted by molar-refractivity contribution is 0.0797. The van der Waals surface area contributed by atoms with Crippen molar-refractivity contribution in [3.8, 4) is 0 Å². The third-order valence-electron chi connectivity index (χ3n) is 2.46. The molecule has 1 rings (SSSR count). The van der Waals surface area contributed by atoms with Gasteiger partial charge in [0.25, 0.3) is 5.91 Å². The predicted octanol–water partition coefficient (Wildman–Crippen LogP) is 2.91. The van der Waals surface area contributed by atoms with Crippen LogP contribution in [0, 0.1) is 0 Å². The van der Waals surface area contributed by atoms with Crippen molar-refractivity contribution < 1.29 is 4.79 Å². The third kappa shape index (κ3) is 4.03. The summed E-state index contributed by atoms with van der Waals surface area (Å²) in [5.74, 6) is 0.257. The summed E-state index contributed by atoms with van der Waals surface area (Å²) < 4.78 is 3.88. The van der Waals surface area contributed by atoms with E-state index in [1.807, 2.05) is 20.9 Å². The lowest BCUT2D eigenvalue weighted by atomic mass is 10.1. The van der Waals surface area contributed by atoms with Crippen LogP contribution in [0.25, 0.3) is 0 Å². The summed E-state index contributed by atoms with van der Waals surface area (Å²) in [6.45, 7) is 6.86. The molecule has 1 heterocycles. The van der Waals surface area contributed by atoms with Crippen molar-refractivity contribution in [2.75, 3.05) is 13.6 Å². The molecule has 96 valence electrons. The van der Waals surface area contributed by atoms with Crippen molar-refractivity contribution in [2.45, 2.75) is 37.9 Å². The number of hydrogen-bond donors (Lipinski definition) is 0. The molecule has 1 aromatic rings. The van der Waals surface area contributed by atoms with Gasteiger partial charge < -0.3 is 4.90 Å².